The first-order valence-electron chi connectivity index (χ1n) is 8.76. The highest BCUT2D eigenvalue weighted by Crippen LogP contribution is 2.35. The molecule has 1 fully saturated rings. The molecule has 2 aliphatic rings. The molecule has 0 aromatic heterocycles. The molecule has 2 amide bonds. The molecule has 1 saturated heterocycles. The van der Waals surface area contributed by atoms with Gasteiger partial charge in [-0.3, -0.25) is 24.6 Å². The van der Waals surface area contributed by atoms with Crippen LogP contribution in [0, 0.1) is 10.1 Å². The van der Waals surface area contributed by atoms with Crippen molar-refractivity contribution in [2.45, 2.75) is 19.4 Å². The highest BCUT2D eigenvalue weighted by Gasteiger charge is 2.36. The predicted octanol–water partition coefficient (Wildman–Crippen LogP) is 4.16. The Morgan fingerprint density at radius 2 is 2.04 bits per heavy atom. The molecular weight excluding hydrogens is 380 g/mol. The molecule has 28 heavy (non-hydrogen) atoms. The van der Waals surface area contributed by atoms with Gasteiger partial charge in [0.05, 0.1) is 23.0 Å². The number of fused-ring (bicyclic) bond motifs is 1. The van der Waals surface area contributed by atoms with E-state index < -0.39 is 16.1 Å². The average Bonchev–Trinajstić information content (AvgIpc) is 2.95. The molecule has 8 heteroatoms. The van der Waals surface area contributed by atoms with Crippen LogP contribution in [0.15, 0.2) is 47.4 Å². The fourth-order valence-corrected chi connectivity index (χ4v) is 4.09. The number of carbonyl (C=O) groups is 2. The molecule has 0 unspecified atom stereocenters. The summed E-state index contributed by atoms with van der Waals surface area (Å²) < 4.78 is 5.59. The third kappa shape index (κ3) is 3.50. The number of benzene rings is 2. The first kappa shape index (κ1) is 18.2. The van der Waals surface area contributed by atoms with E-state index >= 15 is 0 Å². The molecule has 0 aliphatic carbocycles. The molecule has 0 bridgehead atoms. The van der Waals surface area contributed by atoms with E-state index in [1.165, 1.54) is 6.07 Å². The third-order valence-electron chi connectivity index (χ3n) is 4.62. The summed E-state index contributed by atoms with van der Waals surface area (Å²) in [5, 5.41) is 10.7. The van der Waals surface area contributed by atoms with Crippen molar-refractivity contribution in [3.05, 3.63) is 74.2 Å². The SMILES string of the molecule is O=C1S/C(=C/c2ccc3c(c2)CCCO3)C(=O)N1Cc1ccccc1[N+](=O)[O-]. The predicted molar refractivity (Wildman–Crippen MR) is 105 cm³/mol. The van der Waals surface area contributed by atoms with Crippen molar-refractivity contribution >= 4 is 34.7 Å². The number of nitro groups is 1. The Hall–Kier alpha value is -3.13. The number of hydrogen-bond donors (Lipinski definition) is 0. The Labute approximate surface area is 165 Å². The second kappa shape index (κ2) is 7.47. The van der Waals surface area contributed by atoms with E-state index in [1.807, 2.05) is 18.2 Å². The maximum atomic E-state index is 12.7. The van der Waals surface area contributed by atoms with Gasteiger partial charge in [0, 0.05) is 11.6 Å². The lowest BCUT2D eigenvalue weighted by atomic mass is 10.0. The Balaban J connectivity index is 1.58. The van der Waals surface area contributed by atoms with E-state index in [2.05, 4.69) is 0 Å². The van der Waals surface area contributed by atoms with Crippen LogP contribution >= 0.6 is 11.8 Å². The van der Waals surface area contributed by atoms with Crippen LogP contribution in [0.5, 0.6) is 5.75 Å². The first-order valence-corrected chi connectivity index (χ1v) is 9.58. The highest BCUT2D eigenvalue weighted by molar-refractivity contribution is 8.18. The second-order valence-corrected chi connectivity index (χ2v) is 7.47. The highest BCUT2D eigenvalue weighted by atomic mass is 32.2. The number of ether oxygens (including phenoxy) is 1. The van der Waals surface area contributed by atoms with Gasteiger partial charge >= 0.3 is 0 Å². The van der Waals surface area contributed by atoms with Gasteiger partial charge < -0.3 is 4.74 Å². The van der Waals surface area contributed by atoms with Crippen molar-refractivity contribution in [2.75, 3.05) is 6.61 Å². The van der Waals surface area contributed by atoms with Gasteiger partial charge in [-0.25, -0.2) is 0 Å². The van der Waals surface area contributed by atoms with Crippen LogP contribution in [0.25, 0.3) is 6.08 Å². The molecule has 0 radical (unpaired) electrons. The van der Waals surface area contributed by atoms with Crippen LogP contribution in [0.3, 0.4) is 0 Å². The lowest BCUT2D eigenvalue weighted by molar-refractivity contribution is -0.385. The van der Waals surface area contributed by atoms with Crippen LogP contribution in [-0.2, 0) is 17.8 Å². The van der Waals surface area contributed by atoms with Crippen LogP contribution in [0.2, 0.25) is 0 Å². The Morgan fingerprint density at radius 3 is 2.86 bits per heavy atom. The van der Waals surface area contributed by atoms with Gasteiger partial charge in [0.2, 0.25) is 0 Å². The van der Waals surface area contributed by atoms with Gasteiger partial charge in [-0.2, -0.15) is 0 Å². The number of para-hydroxylation sites is 1. The number of aryl methyl sites for hydroxylation is 1. The van der Waals surface area contributed by atoms with Crippen molar-refractivity contribution in [1.29, 1.82) is 0 Å². The minimum absolute atomic E-state index is 0.111. The van der Waals surface area contributed by atoms with E-state index in [1.54, 1.807) is 24.3 Å². The maximum absolute atomic E-state index is 12.7. The van der Waals surface area contributed by atoms with Crippen molar-refractivity contribution in [3.63, 3.8) is 0 Å². The van der Waals surface area contributed by atoms with Gasteiger partial charge in [0.1, 0.15) is 5.75 Å². The van der Waals surface area contributed by atoms with E-state index in [9.17, 15) is 19.7 Å². The molecule has 7 nitrogen and oxygen atoms in total. The summed E-state index contributed by atoms with van der Waals surface area (Å²) in [5.74, 6) is 0.412. The van der Waals surface area contributed by atoms with E-state index in [0.29, 0.717) is 17.1 Å². The molecule has 142 valence electrons. The quantitative estimate of drug-likeness (QED) is 0.438. The topological polar surface area (TPSA) is 89.8 Å². The van der Waals surface area contributed by atoms with Gasteiger partial charge in [-0.15, -0.1) is 0 Å². The van der Waals surface area contributed by atoms with Gasteiger partial charge in [-0.1, -0.05) is 24.3 Å². The number of nitro benzene ring substituents is 1. The molecule has 2 aliphatic heterocycles. The van der Waals surface area contributed by atoms with Crippen molar-refractivity contribution < 1.29 is 19.2 Å². The van der Waals surface area contributed by atoms with Crippen molar-refractivity contribution in [2.24, 2.45) is 0 Å². The summed E-state index contributed by atoms with van der Waals surface area (Å²) in [7, 11) is 0. The minimum Gasteiger partial charge on any atom is -0.493 e. The zero-order chi connectivity index (χ0) is 19.7. The summed E-state index contributed by atoms with van der Waals surface area (Å²) in [4.78, 5) is 37.1. The van der Waals surface area contributed by atoms with Crippen LogP contribution in [0.1, 0.15) is 23.1 Å². The van der Waals surface area contributed by atoms with Crippen molar-refractivity contribution in [3.8, 4) is 5.75 Å². The Kier molecular flexibility index (Phi) is 4.87. The minimum atomic E-state index is -0.514. The fraction of sp³-hybridized carbons (Fsp3) is 0.200. The molecule has 2 heterocycles. The maximum Gasteiger partial charge on any atom is 0.293 e. The second-order valence-electron chi connectivity index (χ2n) is 6.47. The lowest BCUT2D eigenvalue weighted by Crippen LogP contribution is -2.27. The Bertz CT molecular complexity index is 1020. The zero-order valence-corrected chi connectivity index (χ0v) is 15.6. The number of rotatable bonds is 4. The molecule has 0 atom stereocenters. The monoisotopic (exact) mass is 396 g/mol. The number of imide groups is 1. The number of hydrogen-bond acceptors (Lipinski definition) is 6. The van der Waals surface area contributed by atoms with Crippen LogP contribution in [0.4, 0.5) is 10.5 Å². The fourth-order valence-electron chi connectivity index (χ4n) is 3.25. The Morgan fingerprint density at radius 1 is 1.21 bits per heavy atom. The van der Waals surface area contributed by atoms with Crippen LogP contribution < -0.4 is 4.74 Å². The third-order valence-corrected chi connectivity index (χ3v) is 5.53. The first-order chi connectivity index (χ1) is 13.5. The standard InChI is InChI=1S/C20H16N2O5S/c23-19-18(11-13-7-8-17-14(10-13)5-3-9-27-17)28-20(24)21(19)12-15-4-1-2-6-16(15)22(25)26/h1-2,4,6-8,10-11H,3,5,9,12H2/b18-11+. The van der Waals surface area contributed by atoms with E-state index in [-0.39, 0.29) is 12.2 Å². The van der Waals surface area contributed by atoms with E-state index in [0.717, 1.165) is 46.4 Å². The summed E-state index contributed by atoms with van der Waals surface area (Å²) in [6, 6.07) is 11.8. The van der Waals surface area contributed by atoms with Gasteiger partial charge in [-0.05, 0) is 53.9 Å². The molecule has 0 saturated carbocycles. The molecule has 2 aromatic rings. The number of nitrogens with zero attached hydrogens (tertiary/aromatic N) is 2. The van der Waals surface area contributed by atoms with Crippen molar-refractivity contribution in [1.82, 2.24) is 4.90 Å². The molecule has 0 N–H and O–H groups in total. The van der Waals surface area contributed by atoms with E-state index in [4.69, 9.17) is 4.74 Å². The molecule has 2 aromatic carbocycles. The largest absolute Gasteiger partial charge is 0.493 e. The summed E-state index contributed by atoms with van der Waals surface area (Å²) >= 11 is 0.845. The normalized spacial score (nSPS) is 17.6. The van der Waals surface area contributed by atoms with Gasteiger partial charge in [0.15, 0.2) is 0 Å². The molecular formula is C20H16N2O5S. The molecule has 0 spiro atoms. The summed E-state index contributed by atoms with van der Waals surface area (Å²) in [5.41, 5.74) is 2.11. The zero-order valence-electron chi connectivity index (χ0n) is 14.8. The van der Waals surface area contributed by atoms with Crippen LogP contribution in [-0.4, -0.2) is 27.6 Å². The summed E-state index contributed by atoms with van der Waals surface area (Å²) in [6.45, 7) is 0.577. The number of carbonyl (C=O) groups excluding carboxylic acids is 2. The van der Waals surface area contributed by atoms with Gasteiger partial charge in [0.25, 0.3) is 16.8 Å². The number of thioether (sulfide) groups is 1. The smallest absolute Gasteiger partial charge is 0.293 e. The molecule has 4 rings (SSSR count). The summed E-state index contributed by atoms with van der Waals surface area (Å²) in [6.07, 6.45) is 3.54. The lowest BCUT2D eigenvalue weighted by Gasteiger charge is -2.17. The number of amides is 2. The average molecular weight is 396 g/mol.